The lowest BCUT2D eigenvalue weighted by Gasteiger charge is -2.34. The summed E-state index contributed by atoms with van der Waals surface area (Å²) in [6, 6.07) is 7.08. The van der Waals surface area contributed by atoms with Gasteiger partial charge in [0, 0.05) is 12.6 Å². The number of ether oxygens (including phenoxy) is 1. The number of anilines is 1. The quantitative estimate of drug-likeness (QED) is 0.672. The fourth-order valence-electron chi connectivity index (χ4n) is 4.25. The van der Waals surface area contributed by atoms with E-state index in [0.29, 0.717) is 6.42 Å². The van der Waals surface area contributed by atoms with E-state index in [0.717, 1.165) is 16.8 Å². The highest BCUT2D eigenvalue weighted by Gasteiger charge is 2.57. The molecular weight excluding hydrogens is 332 g/mol. The topological polar surface area (TPSA) is 66.9 Å². The molecule has 136 valence electrons. The van der Waals surface area contributed by atoms with Gasteiger partial charge in [-0.1, -0.05) is 24.3 Å². The summed E-state index contributed by atoms with van der Waals surface area (Å²) in [5.41, 5.74) is 1.94. The third kappa shape index (κ3) is 2.28. The smallest absolute Gasteiger partial charge is 0.415 e. The van der Waals surface area contributed by atoms with Crippen molar-refractivity contribution in [1.82, 2.24) is 4.90 Å². The Hall–Kier alpha value is -2.63. The number of fused-ring (bicyclic) bond motifs is 5. The standard InChI is InChI=1S/C20H22N2O4/c1-20(2,3)26-19(25)22-14-8-6-5-7-11(14)12-9-10-13-15(16(12)22)18(24)21(4)17(13)23/h5-9,13,15-16H,10H2,1-4H3/t13-,15-,16+/m0/s1. The molecule has 0 N–H and O–H groups in total. The third-order valence-electron chi connectivity index (χ3n) is 5.29. The fourth-order valence-corrected chi connectivity index (χ4v) is 4.25. The summed E-state index contributed by atoms with van der Waals surface area (Å²) in [5.74, 6) is -1.37. The molecule has 6 nitrogen and oxygen atoms in total. The number of carbonyl (C=O) groups is 3. The molecule has 0 radical (unpaired) electrons. The fraction of sp³-hybridized carbons (Fsp3) is 0.450. The molecule has 1 saturated heterocycles. The van der Waals surface area contributed by atoms with Gasteiger partial charge in [-0.15, -0.1) is 0 Å². The van der Waals surface area contributed by atoms with Crippen LogP contribution in [0, 0.1) is 11.8 Å². The van der Waals surface area contributed by atoms with Crippen molar-refractivity contribution in [2.75, 3.05) is 11.9 Å². The van der Waals surface area contributed by atoms with Crippen LogP contribution in [-0.4, -0.2) is 41.5 Å². The number of carbonyl (C=O) groups excluding carboxylic acids is 3. The summed E-state index contributed by atoms with van der Waals surface area (Å²) in [5, 5.41) is 0. The Morgan fingerprint density at radius 3 is 2.54 bits per heavy atom. The van der Waals surface area contributed by atoms with Crippen molar-refractivity contribution >= 4 is 29.2 Å². The van der Waals surface area contributed by atoms with Crippen molar-refractivity contribution in [3.63, 3.8) is 0 Å². The number of nitrogens with zero attached hydrogens (tertiary/aromatic N) is 2. The zero-order valence-corrected chi connectivity index (χ0v) is 15.4. The van der Waals surface area contributed by atoms with Gasteiger partial charge in [0.1, 0.15) is 5.60 Å². The van der Waals surface area contributed by atoms with E-state index in [1.165, 1.54) is 11.9 Å². The Morgan fingerprint density at radius 2 is 1.85 bits per heavy atom. The molecule has 26 heavy (non-hydrogen) atoms. The van der Waals surface area contributed by atoms with Crippen LogP contribution in [0.15, 0.2) is 30.3 Å². The maximum atomic E-state index is 13.0. The summed E-state index contributed by atoms with van der Waals surface area (Å²) in [6.45, 7) is 5.43. The van der Waals surface area contributed by atoms with Gasteiger partial charge < -0.3 is 4.74 Å². The summed E-state index contributed by atoms with van der Waals surface area (Å²) in [6.07, 6.45) is 2.02. The highest BCUT2D eigenvalue weighted by Crippen LogP contribution is 2.51. The molecule has 6 heteroatoms. The molecule has 1 aromatic rings. The van der Waals surface area contributed by atoms with E-state index in [9.17, 15) is 14.4 Å². The molecule has 0 bridgehead atoms. The molecular formula is C20H22N2O4. The van der Waals surface area contributed by atoms with E-state index in [4.69, 9.17) is 4.74 Å². The number of hydrogen-bond donors (Lipinski definition) is 0. The van der Waals surface area contributed by atoms with Crippen molar-refractivity contribution in [3.8, 4) is 0 Å². The lowest BCUT2D eigenvalue weighted by molar-refractivity contribution is -0.138. The van der Waals surface area contributed by atoms with Gasteiger partial charge in [0.25, 0.3) is 0 Å². The van der Waals surface area contributed by atoms with E-state index in [1.54, 1.807) is 4.90 Å². The largest absolute Gasteiger partial charge is 0.443 e. The molecule has 4 rings (SSSR count). The first-order chi connectivity index (χ1) is 12.2. The molecule has 3 aliphatic rings. The molecule has 0 spiro atoms. The van der Waals surface area contributed by atoms with Gasteiger partial charge in [0.05, 0.1) is 23.6 Å². The average Bonchev–Trinajstić information content (AvgIpc) is 3.01. The van der Waals surface area contributed by atoms with Gasteiger partial charge in [0.15, 0.2) is 0 Å². The van der Waals surface area contributed by atoms with E-state index in [2.05, 4.69) is 0 Å². The number of benzene rings is 1. The number of hydrogen-bond acceptors (Lipinski definition) is 4. The summed E-state index contributed by atoms with van der Waals surface area (Å²) in [4.78, 5) is 41.0. The number of allylic oxidation sites excluding steroid dienone is 1. The molecule has 2 heterocycles. The molecule has 1 aromatic carbocycles. The van der Waals surface area contributed by atoms with Crippen LogP contribution in [0.4, 0.5) is 10.5 Å². The highest BCUT2D eigenvalue weighted by atomic mass is 16.6. The Labute approximate surface area is 152 Å². The van der Waals surface area contributed by atoms with Crippen LogP contribution in [0.2, 0.25) is 0 Å². The first-order valence-corrected chi connectivity index (χ1v) is 8.84. The van der Waals surface area contributed by atoms with Crippen molar-refractivity contribution in [1.29, 1.82) is 0 Å². The predicted molar refractivity (Wildman–Crippen MR) is 96.3 cm³/mol. The van der Waals surface area contributed by atoms with Crippen LogP contribution < -0.4 is 4.90 Å². The van der Waals surface area contributed by atoms with E-state index >= 15 is 0 Å². The number of para-hydroxylation sites is 1. The first-order valence-electron chi connectivity index (χ1n) is 8.84. The van der Waals surface area contributed by atoms with Crippen LogP contribution in [0.25, 0.3) is 5.57 Å². The molecule has 1 aliphatic carbocycles. The Kier molecular flexibility index (Phi) is 3.51. The van der Waals surface area contributed by atoms with Crippen molar-refractivity contribution in [3.05, 3.63) is 35.9 Å². The SMILES string of the molecule is CN1C(=O)[C@H]2[C@H](CC=C3c4ccccc4N(C(=O)OC(C)(C)C)[C@H]32)C1=O. The third-order valence-corrected chi connectivity index (χ3v) is 5.29. The number of amides is 3. The van der Waals surface area contributed by atoms with E-state index in [-0.39, 0.29) is 11.8 Å². The summed E-state index contributed by atoms with van der Waals surface area (Å²) < 4.78 is 5.61. The second-order valence-electron chi connectivity index (χ2n) is 8.08. The second kappa shape index (κ2) is 5.43. The normalized spacial score (nSPS) is 27.1. The van der Waals surface area contributed by atoms with Gasteiger partial charge in [-0.25, -0.2) is 4.79 Å². The van der Waals surface area contributed by atoms with Gasteiger partial charge in [-0.2, -0.15) is 0 Å². The highest BCUT2D eigenvalue weighted by molar-refractivity contribution is 6.11. The lowest BCUT2D eigenvalue weighted by atomic mass is 9.77. The van der Waals surface area contributed by atoms with Gasteiger partial charge in [-0.05, 0) is 38.8 Å². The Morgan fingerprint density at radius 1 is 1.15 bits per heavy atom. The average molecular weight is 354 g/mol. The molecule has 0 aromatic heterocycles. The number of rotatable bonds is 0. The zero-order valence-electron chi connectivity index (χ0n) is 15.4. The van der Waals surface area contributed by atoms with Gasteiger partial charge in [-0.3, -0.25) is 19.4 Å². The minimum absolute atomic E-state index is 0.171. The van der Waals surface area contributed by atoms with Crippen LogP contribution in [0.1, 0.15) is 32.8 Å². The van der Waals surface area contributed by atoms with Crippen LogP contribution in [-0.2, 0) is 14.3 Å². The van der Waals surface area contributed by atoms with Crippen molar-refractivity contribution < 1.29 is 19.1 Å². The van der Waals surface area contributed by atoms with Crippen LogP contribution >= 0.6 is 0 Å². The Bertz CT molecular complexity index is 852. The van der Waals surface area contributed by atoms with Crippen LogP contribution in [0.3, 0.4) is 0 Å². The minimum Gasteiger partial charge on any atom is -0.443 e. The number of imide groups is 1. The number of likely N-dealkylation sites (tertiary alicyclic amines) is 1. The second-order valence-corrected chi connectivity index (χ2v) is 8.08. The molecule has 3 atom stereocenters. The summed E-state index contributed by atoms with van der Waals surface area (Å²) in [7, 11) is 1.52. The maximum absolute atomic E-state index is 13.0. The molecule has 0 saturated carbocycles. The lowest BCUT2D eigenvalue weighted by Crippen LogP contribution is -2.49. The molecule has 2 aliphatic heterocycles. The first kappa shape index (κ1) is 16.8. The van der Waals surface area contributed by atoms with E-state index < -0.39 is 29.6 Å². The molecule has 3 amide bonds. The Balaban J connectivity index is 1.83. The maximum Gasteiger partial charge on any atom is 0.415 e. The predicted octanol–water partition coefficient (Wildman–Crippen LogP) is 2.83. The van der Waals surface area contributed by atoms with Gasteiger partial charge in [0.2, 0.25) is 11.8 Å². The van der Waals surface area contributed by atoms with Crippen molar-refractivity contribution in [2.45, 2.75) is 38.8 Å². The summed E-state index contributed by atoms with van der Waals surface area (Å²) >= 11 is 0. The minimum atomic E-state index is -0.654. The van der Waals surface area contributed by atoms with Crippen LogP contribution in [0.5, 0.6) is 0 Å². The van der Waals surface area contributed by atoms with Gasteiger partial charge >= 0.3 is 6.09 Å². The van der Waals surface area contributed by atoms with Crippen molar-refractivity contribution in [2.24, 2.45) is 11.8 Å². The molecule has 0 unspecified atom stereocenters. The monoisotopic (exact) mass is 354 g/mol. The zero-order chi connectivity index (χ0) is 18.8. The molecule has 1 fully saturated rings. The van der Waals surface area contributed by atoms with E-state index in [1.807, 2.05) is 51.1 Å².